The summed E-state index contributed by atoms with van der Waals surface area (Å²) in [6, 6.07) is 32.3. The molecule has 0 N–H and O–H groups in total. The number of hydrogen-bond donors (Lipinski definition) is 0. The first-order chi connectivity index (χ1) is 14.7. The van der Waals surface area contributed by atoms with E-state index in [9.17, 15) is 4.79 Å². The van der Waals surface area contributed by atoms with Crippen LogP contribution in [-0.2, 0) is 4.79 Å². The first-order valence-electron chi connectivity index (χ1n) is 9.77. The van der Waals surface area contributed by atoms with E-state index in [0.29, 0.717) is 5.57 Å². The summed E-state index contributed by atoms with van der Waals surface area (Å²) in [6.07, 6.45) is 3.93. The monoisotopic (exact) mass is 451 g/mol. The third kappa shape index (κ3) is 3.38. The van der Waals surface area contributed by atoms with E-state index in [1.54, 1.807) is 0 Å². The fraction of sp³-hybridized carbons (Fsp3) is 0. The van der Waals surface area contributed by atoms with E-state index in [1.165, 1.54) is 0 Å². The summed E-state index contributed by atoms with van der Waals surface area (Å²) >= 11 is 3.47. The molecule has 1 aliphatic heterocycles. The fourth-order valence-electron chi connectivity index (χ4n) is 3.82. The molecule has 1 amide bonds. The van der Waals surface area contributed by atoms with Gasteiger partial charge in [-0.2, -0.15) is 0 Å². The van der Waals surface area contributed by atoms with Gasteiger partial charge in [0, 0.05) is 15.4 Å². The zero-order valence-electron chi connectivity index (χ0n) is 16.1. The molecule has 0 saturated carbocycles. The molecule has 0 aliphatic carbocycles. The van der Waals surface area contributed by atoms with E-state index in [4.69, 9.17) is 0 Å². The number of halogens is 1. The highest BCUT2D eigenvalue weighted by molar-refractivity contribution is 9.10. The summed E-state index contributed by atoms with van der Waals surface area (Å²) in [5.41, 5.74) is 4.46. The molecular formula is C27H18BrNO. The number of anilines is 1. The first-order valence-corrected chi connectivity index (χ1v) is 10.6. The zero-order chi connectivity index (χ0) is 20.5. The molecule has 1 heterocycles. The summed E-state index contributed by atoms with van der Waals surface area (Å²) < 4.78 is 1.01. The van der Waals surface area contributed by atoms with Crippen LogP contribution >= 0.6 is 15.9 Å². The molecule has 0 unspecified atom stereocenters. The Kier molecular flexibility index (Phi) is 4.82. The average Bonchev–Trinajstić information content (AvgIpc) is 3.11. The predicted octanol–water partition coefficient (Wildman–Crippen LogP) is 7.07. The Hall–Kier alpha value is -3.43. The number of fused-ring (bicyclic) bond motifs is 1. The number of amides is 1. The molecular weight excluding hydrogens is 434 g/mol. The second-order valence-electron chi connectivity index (χ2n) is 7.19. The van der Waals surface area contributed by atoms with Crippen molar-refractivity contribution < 1.29 is 4.79 Å². The molecule has 2 nitrogen and oxygen atoms in total. The molecule has 4 aromatic rings. The Bertz CT molecular complexity index is 1300. The topological polar surface area (TPSA) is 20.3 Å². The molecule has 0 atom stereocenters. The molecule has 4 aromatic carbocycles. The highest BCUT2D eigenvalue weighted by atomic mass is 79.9. The van der Waals surface area contributed by atoms with Crippen molar-refractivity contribution in [1.29, 1.82) is 0 Å². The Morgan fingerprint density at radius 1 is 0.733 bits per heavy atom. The van der Waals surface area contributed by atoms with Gasteiger partial charge in [-0.25, -0.2) is 0 Å². The number of rotatable bonds is 3. The Morgan fingerprint density at radius 2 is 1.43 bits per heavy atom. The van der Waals surface area contributed by atoms with Crippen molar-refractivity contribution in [2.75, 3.05) is 4.90 Å². The van der Waals surface area contributed by atoms with Crippen molar-refractivity contribution in [3.63, 3.8) is 0 Å². The second-order valence-corrected chi connectivity index (χ2v) is 8.10. The number of carbonyl (C=O) groups is 1. The molecule has 0 radical (unpaired) electrons. The Morgan fingerprint density at radius 3 is 2.23 bits per heavy atom. The summed E-state index contributed by atoms with van der Waals surface area (Å²) in [6.45, 7) is 0. The second kappa shape index (κ2) is 7.77. The standard InChI is InChI=1S/C27H18BrNO/c28-23-15-13-19(14-16-23)17-22-18-26(21-8-2-1-3-9-21)29(27(22)30)25-12-6-10-20-7-4-5-11-24(20)25/h1-18H/b22-17+. The minimum atomic E-state index is -0.0203. The van der Waals surface area contributed by atoms with E-state index in [-0.39, 0.29) is 5.91 Å². The molecule has 3 heteroatoms. The van der Waals surface area contributed by atoms with Crippen LogP contribution < -0.4 is 4.90 Å². The van der Waals surface area contributed by atoms with Crippen molar-refractivity contribution in [3.8, 4) is 0 Å². The average molecular weight is 452 g/mol. The van der Waals surface area contributed by atoms with Gasteiger partial charge in [0.25, 0.3) is 5.91 Å². The first kappa shape index (κ1) is 18.6. The maximum absolute atomic E-state index is 13.6. The lowest BCUT2D eigenvalue weighted by Crippen LogP contribution is -2.25. The van der Waals surface area contributed by atoms with Gasteiger partial charge in [0.1, 0.15) is 0 Å². The maximum Gasteiger partial charge on any atom is 0.262 e. The van der Waals surface area contributed by atoms with Gasteiger partial charge in [-0.15, -0.1) is 0 Å². The SMILES string of the molecule is O=C1/C(=C/c2ccc(Br)cc2)C=C(c2ccccc2)N1c1cccc2ccccc12. The molecule has 0 bridgehead atoms. The van der Waals surface area contributed by atoms with Gasteiger partial charge in [0.05, 0.1) is 11.4 Å². The minimum absolute atomic E-state index is 0.0203. The summed E-state index contributed by atoms with van der Waals surface area (Å²) in [5, 5.41) is 2.17. The van der Waals surface area contributed by atoms with Crippen LogP contribution in [0, 0.1) is 0 Å². The van der Waals surface area contributed by atoms with E-state index >= 15 is 0 Å². The lowest BCUT2D eigenvalue weighted by molar-refractivity contribution is -0.113. The maximum atomic E-state index is 13.6. The van der Waals surface area contributed by atoms with Gasteiger partial charge in [0.15, 0.2) is 0 Å². The lowest BCUT2D eigenvalue weighted by Gasteiger charge is -2.22. The molecule has 0 saturated heterocycles. The van der Waals surface area contributed by atoms with E-state index in [0.717, 1.165) is 37.8 Å². The summed E-state index contributed by atoms with van der Waals surface area (Å²) in [5.74, 6) is -0.0203. The van der Waals surface area contributed by atoms with E-state index in [2.05, 4.69) is 34.1 Å². The molecule has 144 valence electrons. The van der Waals surface area contributed by atoms with Crippen molar-refractivity contribution in [2.45, 2.75) is 0 Å². The van der Waals surface area contributed by atoms with Crippen LogP contribution in [0.25, 0.3) is 22.5 Å². The van der Waals surface area contributed by atoms with Gasteiger partial charge in [0.2, 0.25) is 0 Å². The smallest absolute Gasteiger partial charge is 0.262 e. The quantitative estimate of drug-likeness (QED) is 0.305. The van der Waals surface area contributed by atoms with Crippen LogP contribution in [0.15, 0.2) is 113 Å². The van der Waals surface area contributed by atoms with Gasteiger partial charge >= 0.3 is 0 Å². The highest BCUT2D eigenvalue weighted by Crippen LogP contribution is 2.38. The van der Waals surface area contributed by atoms with Crippen molar-refractivity contribution in [3.05, 3.63) is 124 Å². The van der Waals surface area contributed by atoms with Gasteiger partial charge < -0.3 is 0 Å². The predicted molar refractivity (Wildman–Crippen MR) is 128 cm³/mol. The van der Waals surface area contributed by atoms with Crippen molar-refractivity contribution in [1.82, 2.24) is 0 Å². The van der Waals surface area contributed by atoms with Crippen LogP contribution in [0.5, 0.6) is 0 Å². The third-order valence-electron chi connectivity index (χ3n) is 5.25. The Balaban J connectivity index is 1.68. The van der Waals surface area contributed by atoms with E-state index < -0.39 is 0 Å². The van der Waals surface area contributed by atoms with Gasteiger partial charge in [-0.05, 0) is 46.9 Å². The normalized spacial score (nSPS) is 15.1. The fourth-order valence-corrected chi connectivity index (χ4v) is 4.08. The van der Waals surface area contributed by atoms with Crippen molar-refractivity contribution in [2.24, 2.45) is 0 Å². The van der Waals surface area contributed by atoms with Crippen LogP contribution in [0.4, 0.5) is 5.69 Å². The third-order valence-corrected chi connectivity index (χ3v) is 5.78. The summed E-state index contributed by atoms with van der Waals surface area (Å²) in [7, 11) is 0. The minimum Gasteiger partial charge on any atom is -0.276 e. The van der Waals surface area contributed by atoms with Crippen LogP contribution in [0.3, 0.4) is 0 Å². The Labute approximate surface area is 183 Å². The van der Waals surface area contributed by atoms with Gasteiger partial charge in [-0.3, -0.25) is 9.69 Å². The number of benzene rings is 4. The number of carbonyl (C=O) groups excluding carboxylic acids is 1. The number of hydrogen-bond acceptors (Lipinski definition) is 1. The van der Waals surface area contributed by atoms with Crippen LogP contribution in [0.1, 0.15) is 11.1 Å². The molecule has 5 rings (SSSR count). The molecule has 1 aliphatic rings. The molecule has 0 fully saturated rings. The van der Waals surface area contributed by atoms with E-state index in [1.807, 2.05) is 95.9 Å². The molecule has 0 aromatic heterocycles. The molecule has 30 heavy (non-hydrogen) atoms. The number of nitrogens with zero attached hydrogens (tertiary/aromatic N) is 1. The highest BCUT2D eigenvalue weighted by Gasteiger charge is 2.31. The van der Waals surface area contributed by atoms with Crippen LogP contribution in [-0.4, -0.2) is 5.91 Å². The van der Waals surface area contributed by atoms with Gasteiger partial charge in [-0.1, -0.05) is 94.8 Å². The lowest BCUT2D eigenvalue weighted by atomic mass is 10.1. The largest absolute Gasteiger partial charge is 0.276 e. The van der Waals surface area contributed by atoms with Crippen LogP contribution in [0.2, 0.25) is 0 Å². The van der Waals surface area contributed by atoms with Crippen molar-refractivity contribution >= 4 is 50.1 Å². The molecule has 0 spiro atoms. The zero-order valence-corrected chi connectivity index (χ0v) is 17.7. The summed E-state index contributed by atoms with van der Waals surface area (Å²) in [4.78, 5) is 15.4.